The van der Waals surface area contributed by atoms with E-state index in [-0.39, 0.29) is 17.7 Å². The van der Waals surface area contributed by atoms with Gasteiger partial charge in [0.1, 0.15) is 0 Å². The fourth-order valence-electron chi connectivity index (χ4n) is 3.08. The van der Waals surface area contributed by atoms with Gasteiger partial charge in [0.15, 0.2) is 0 Å². The maximum Gasteiger partial charge on any atom is 0.224 e. The van der Waals surface area contributed by atoms with Crippen molar-refractivity contribution in [2.75, 3.05) is 39.9 Å². The number of carbonyl (C=O) groups excluding carboxylic acids is 2. The maximum atomic E-state index is 12.3. The van der Waals surface area contributed by atoms with Gasteiger partial charge in [-0.25, -0.2) is 0 Å². The van der Waals surface area contributed by atoms with Crippen molar-refractivity contribution in [3.8, 4) is 0 Å². The second kappa shape index (κ2) is 10.8. The van der Waals surface area contributed by atoms with Crippen LogP contribution in [0.1, 0.15) is 24.8 Å². The molecular weight excluding hydrogens is 318 g/mol. The Morgan fingerprint density at radius 1 is 1.20 bits per heavy atom. The van der Waals surface area contributed by atoms with Gasteiger partial charge in [0.2, 0.25) is 11.8 Å². The summed E-state index contributed by atoms with van der Waals surface area (Å²) in [5.41, 5.74) is 1.27. The van der Waals surface area contributed by atoms with Gasteiger partial charge in [-0.2, -0.15) is 0 Å². The Balaban J connectivity index is 1.68. The van der Waals surface area contributed by atoms with Gasteiger partial charge in [-0.15, -0.1) is 0 Å². The number of carbonyl (C=O) groups is 2. The maximum absolute atomic E-state index is 12.3. The van der Waals surface area contributed by atoms with Crippen LogP contribution in [0.25, 0.3) is 0 Å². The lowest BCUT2D eigenvalue weighted by molar-refractivity contribution is -0.127. The van der Waals surface area contributed by atoms with E-state index in [2.05, 4.69) is 27.7 Å². The van der Waals surface area contributed by atoms with Gasteiger partial charge < -0.3 is 15.4 Å². The molecule has 0 aromatic heterocycles. The number of hydrogen-bond acceptors (Lipinski definition) is 4. The zero-order valence-electron chi connectivity index (χ0n) is 15.0. The Morgan fingerprint density at radius 3 is 2.76 bits per heavy atom. The van der Waals surface area contributed by atoms with E-state index in [4.69, 9.17) is 4.74 Å². The summed E-state index contributed by atoms with van der Waals surface area (Å²) in [5.74, 6) is 0.00293. The van der Waals surface area contributed by atoms with Crippen LogP contribution in [0.4, 0.5) is 0 Å². The van der Waals surface area contributed by atoms with Crippen molar-refractivity contribution in [3.63, 3.8) is 0 Å². The van der Waals surface area contributed by atoms with Gasteiger partial charge in [-0.05, 0) is 24.9 Å². The van der Waals surface area contributed by atoms with E-state index in [1.807, 2.05) is 18.2 Å². The van der Waals surface area contributed by atoms with Crippen LogP contribution in [-0.4, -0.2) is 56.6 Å². The molecule has 0 unspecified atom stereocenters. The molecule has 1 aromatic rings. The van der Waals surface area contributed by atoms with Crippen LogP contribution in [0.5, 0.6) is 0 Å². The molecule has 1 heterocycles. The monoisotopic (exact) mass is 347 g/mol. The third kappa shape index (κ3) is 7.23. The van der Waals surface area contributed by atoms with Gasteiger partial charge in [0.05, 0.1) is 12.5 Å². The Morgan fingerprint density at radius 2 is 2.00 bits per heavy atom. The average Bonchev–Trinajstić information content (AvgIpc) is 2.63. The molecule has 138 valence electrons. The van der Waals surface area contributed by atoms with Gasteiger partial charge in [0.25, 0.3) is 0 Å². The predicted octanol–water partition coefficient (Wildman–Crippen LogP) is 1.17. The van der Waals surface area contributed by atoms with Crippen LogP contribution in [0.15, 0.2) is 30.3 Å². The molecule has 0 saturated carbocycles. The Kier molecular flexibility index (Phi) is 8.42. The fourth-order valence-corrected chi connectivity index (χ4v) is 3.08. The van der Waals surface area contributed by atoms with Crippen molar-refractivity contribution in [2.24, 2.45) is 5.92 Å². The van der Waals surface area contributed by atoms with Gasteiger partial charge in [-0.3, -0.25) is 14.5 Å². The number of nitrogens with zero attached hydrogens (tertiary/aromatic N) is 1. The first kappa shape index (κ1) is 19.4. The molecule has 2 amide bonds. The van der Waals surface area contributed by atoms with Crippen molar-refractivity contribution < 1.29 is 14.3 Å². The molecular formula is C19H29N3O3. The SMILES string of the molecule is COCCNC(=O)CCNC(=O)[C@@H]1CCCN(Cc2ccccc2)C1. The Bertz CT molecular complexity index is 536. The minimum Gasteiger partial charge on any atom is -0.383 e. The van der Waals surface area contributed by atoms with Crippen LogP contribution in [0, 0.1) is 5.92 Å². The lowest BCUT2D eigenvalue weighted by Crippen LogP contribution is -2.43. The highest BCUT2D eigenvalue weighted by atomic mass is 16.5. The third-order valence-electron chi connectivity index (χ3n) is 4.40. The zero-order valence-corrected chi connectivity index (χ0v) is 15.0. The van der Waals surface area contributed by atoms with Crippen LogP contribution in [0.2, 0.25) is 0 Å². The number of amides is 2. The predicted molar refractivity (Wildman–Crippen MR) is 97.0 cm³/mol. The molecule has 6 nitrogen and oxygen atoms in total. The number of hydrogen-bond donors (Lipinski definition) is 2. The molecule has 1 saturated heterocycles. The van der Waals surface area contributed by atoms with Crippen LogP contribution >= 0.6 is 0 Å². The normalized spacial score (nSPS) is 17.9. The largest absolute Gasteiger partial charge is 0.383 e. The molecule has 6 heteroatoms. The van der Waals surface area contributed by atoms with Gasteiger partial charge in [-0.1, -0.05) is 30.3 Å². The first-order chi connectivity index (χ1) is 12.2. The summed E-state index contributed by atoms with van der Waals surface area (Å²) in [7, 11) is 1.59. The van der Waals surface area contributed by atoms with Crippen molar-refractivity contribution in [2.45, 2.75) is 25.8 Å². The van der Waals surface area contributed by atoms with E-state index in [0.29, 0.717) is 26.1 Å². The molecule has 1 aliphatic rings. The number of likely N-dealkylation sites (tertiary alicyclic amines) is 1. The average molecular weight is 347 g/mol. The first-order valence-electron chi connectivity index (χ1n) is 8.98. The molecule has 0 radical (unpaired) electrons. The van der Waals surface area contributed by atoms with Crippen LogP contribution in [0.3, 0.4) is 0 Å². The molecule has 0 spiro atoms. The summed E-state index contributed by atoms with van der Waals surface area (Å²) < 4.78 is 4.88. The van der Waals surface area contributed by atoms with E-state index < -0.39 is 0 Å². The number of piperidine rings is 1. The molecule has 2 rings (SSSR count). The minimum atomic E-state index is -0.0632. The molecule has 2 N–H and O–H groups in total. The van der Waals surface area contributed by atoms with Crippen molar-refractivity contribution in [3.05, 3.63) is 35.9 Å². The van der Waals surface area contributed by atoms with E-state index in [0.717, 1.165) is 32.5 Å². The number of nitrogens with one attached hydrogen (secondary N) is 2. The number of rotatable bonds is 9. The second-order valence-corrected chi connectivity index (χ2v) is 6.44. The van der Waals surface area contributed by atoms with Crippen LogP contribution in [-0.2, 0) is 20.9 Å². The molecule has 1 fully saturated rings. The first-order valence-corrected chi connectivity index (χ1v) is 8.98. The summed E-state index contributed by atoms with van der Waals surface area (Å²) in [4.78, 5) is 26.3. The highest BCUT2D eigenvalue weighted by Crippen LogP contribution is 2.18. The number of ether oxygens (including phenoxy) is 1. The quantitative estimate of drug-likeness (QED) is 0.658. The minimum absolute atomic E-state index is 0.00835. The topological polar surface area (TPSA) is 70.7 Å². The summed E-state index contributed by atoms with van der Waals surface area (Å²) in [6.45, 7) is 4.07. The summed E-state index contributed by atoms with van der Waals surface area (Å²) in [5, 5.41) is 5.65. The highest BCUT2D eigenvalue weighted by molar-refractivity contribution is 5.80. The van der Waals surface area contributed by atoms with Crippen molar-refractivity contribution in [1.29, 1.82) is 0 Å². The fraction of sp³-hybridized carbons (Fsp3) is 0.579. The molecule has 1 aliphatic heterocycles. The molecule has 0 aliphatic carbocycles. The van der Waals surface area contributed by atoms with Crippen molar-refractivity contribution >= 4 is 11.8 Å². The van der Waals surface area contributed by atoms with Gasteiger partial charge >= 0.3 is 0 Å². The second-order valence-electron chi connectivity index (χ2n) is 6.44. The zero-order chi connectivity index (χ0) is 17.9. The van der Waals surface area contributed by atoms with Crippen molar-refractivity contribution in [1.82, 2.24) is 15.5 Å². The molecule has 0 bridgehead atoms. The van der Waals surface area contributed by atoms with E-state index in [1.54, 1.807) is 7.11 Å². The van der Waals surface area contributed by atoms with E-state index in [9.17, 15) is 9.59 Å². The Labute approximate surface area is 149 Å². The smallest absolute Gasteiger partial charge is 0.224 e. The van der Waals surface area contributed by atoms with E-state index >= 15 is 0 Å². The summed E-state index contributed by atoms with van der Waals surface area (Å²) in [6.07, 6.45) is 2.25. The molecule has 1 aromatic carbocycles. The highest BCUT2D eigenvalue weighted by Gasteiger charge is 2.25. The van der Waals surface area contributed by atoms with Gasteiger partial charge in [0, 0.05) is 39.7 Å². The standard InChI is InChI=1S/C19H29N3O3/c1-25-13-11-20-18(23)9-10-21-19(24)17-8-5-12-22(15-17)14-16-6-3-2-4-7-16/h2-4,6-7,17H,5,8-15H2,1H3,(H,20,23)(H,21,24)/t17-/m1/s1. The number of methoxy groups -OCH3 is 1. The number of benzene rings is 1. The molecule has 1 atom stereocenters. The lowest BCUT2D eigenvalue weighted by Gasteiger charge is -2.32. The van der Waals surface area contributed by atoms with Crippen LogP contribution < -0.4 is 10.6 Å². The van der Waals surface area contributed by atoms with E-state index in [1.165, 1.54) is 5.56 Å². The Hall–Kier alpha value is -1.92. The lowest BCUT2D eigenvalue weighted by atomic mass is 9.96. The summed E-state index contributed by atoms with van der Waals surface area (Å²) in [6, 6.07) is 10.3. The third-order valence-corrected chi connectivity index (χ3v) is 4.40. The molecule has 25 heavy (non-hydrogen) atoms. The summed E-state index contributed by atoms with van der Waals surface area (Å²) >= 11 is 0.